The molecule has 0 aliphatic carbocycles. The molecule has 1 amide bonds. The Bertz CT molecular complexity index is 555. The zero-order valence-corrected chi connectivity index (χ0v) is 13.0. The molecule has 1 heterocycles. The van der Waals surface area contributed by atoms with E-state index in [9.17, 15) is 4.79 Å². The average molecular weight is 305 g/mol. The minimum absolute atomic E-state index is 0.0570. The summed E-state index contributed by atoms with van der Waals surface area (Å²) in [7, 11) is 1.91. The summed E-state index contributed by atoms with van der Waals surface area (Å²) < 4.78 is 5.41. The van der Waals surface area contributed by atoms with Crippen LogP contribution in [0.2, 0.25) is 0 Å². The molecule has 2 aromatic rings. The van der Waals surface area contributed by atoms with Crippen molar-refractivity contribution in [3.8, 4) is 5.75 Å². The Morgan fingerprint density at radius 3 is 2.76 bits per heavy atom. The molecule has 0 atom stereocenters. The highest BCUT2D eigenvalue weighted by Gasteiger charge is 2.08. The summed E-state index contributed by atoms with van der Waals surface area (Å²) in [5.41, 5.74) is 1.14. The van der Waals surface area contributed by atoms with Gasteiger partial charge in [0.15, 0.2) is 5.13 Å². The van der Waals surface area contributed by atoms with Gasteiger partial charge < -0.3 is 10.1 Å². The lowest BCUT2D eigenvalue weighted by atomic mass is 10.2. The van der Waals surface area contributed by atoms with Gasteiger partial charge in [0.2, 0.25) is 5.91 Å². The molecule has 1 aromatic carbocycles. The second-order valence-corrected chi connectivity index (χ2v) is 5.53. The third kappa shape index (κ3) is 5.17. The van der Waals surface area contributed by atoms with E-state index < -0.39 is 0 Å². The second kappa shape index (κ2) is 7.75. The first-order valence-corrected chi connectivity index (χ1v) is 7.65. The molecule has 6 heteroatoms. The van der Waals surface area contributed by atoms with E-state index in [4.69, 9.17) is 4.74 Å². The van der Waals surface area contributed by atoms with E-state index in [0.29, 0.717) is 24.8 Å². The first-order valence-electron chi connectivity index (χ1n) is 6.77. The lowest BCUT2D eigenvalue weighted by molar-refractivity contribution is -0.117. The van der Waals surface area contributed by atoms with Crippen molar-refractivity contribution >= 4 is 22.4 Å². The lowest BCUT2D eigenvalue weighted by Gasteiger charge is -2.16. The maximum atomic E-state index is 11.8. The maximum absolute atomic E-state index is 11.8. The van der Waals surface area contributed by atoms with E-state index in [1.54, 1.807) is 6.20 Å². The molecule has 0 aliphatic rings. The predicted molar refractivity (Wildman–Crippen MR) is 84.7 cm³/mol. The third-order valence-electron chi connectivity index (χ3n) is 2.78. The fraction of sp³-hybridized carbons (Fsp3) is 0.333. The fourth-order valence-corrected chi connectivity index (χ4v) is 2.46. The molecule has 0 aliphatic heterocycles. The Balaban J connectivity index is 1.80. The number of nitrogens with zero attached hydrogens (tertiary/aromatic N) is 2. The molecule has 0 bridgehead atoms. The van der Waals surface area contributed by atoms with Gasteiger partial charge in [-0.05, 0) is 31.7 Å². The number of benzene rings is 1. The highest BCUT2D eigenvalue weighted by Crippen LogP contribution is 2.13. The number of hydrogen-bond acceptors (Lipinski definition) is 5. The summed E-state index contributed by atoms with van der Waals surface area (Å²) in [5.74, 6) is 0.809. The van der Waals surface area contributed by atoms with Gasteiger partial charge >= 0.3 is 0 Å². The number of anilines is 1. The van der Waals surface area contributed by atoms with Crippen molar-refractivity contribution in [1.29, 1.82) is 0 Å². The van der Waals surface area contributed by atoms with Crippen LogP contribution in [0.25, 0.3) is 0 Å². The van der Waals surface area contributed by atoms with Crippen LogP contribution in [-0.4, -0.2) is 36.0 Å². The lowest BCUT2D eigenvalue weighted by Crippen LogP contribution is -2.29. The van der Waals surface area contributed by atoms with E-state index in [1.165, 1.54) is 11.3 Å². The van der Waals surface area contributed by atoms with Crippen molar-refractivity contribution in [2.45, 2.75) is 13.5 Å². The Morgan fingerprint density at radius 1 is 1.38 bits per heavy atom. The van der Waals surface area contributed by atoms with Gasteiger partial charge in [0.25, 0.3) is 0 Å². The third-order valence-corrected chi connectivity index (χ3v) is 3.47. The number of carbonyl (C=O) groups excluding carboxylic acids is 1. The van der Waals surface area contributed by atoms with E-state index in [0.717, 1.165) is 11.3 Å². The van der Waals surface area contributed by atoms with Gasteiger partial charge in [-0.2, -0.15) is 0 Å². The molecule has 0 saturated carbocycles. The molecule has 0 radical (unpaired) electrons. The van der Waals surface area contributed by atoms with Crippen molar-refractivity contribution in [3.63, 3.8) is 0 Å². The number of likely N-dealkylation sites (N-methyl/N-ethyl adjacent to an activating group) is 1. The van der Waals surface area contributed by atoms with Crippen LogP contribution in [0.4, 0.5) is 5.13 Å². The van der Waals surface area contributed by atoms with Gasteiger partial charge in [-0.3, -0.25) is 9.69 Å². The van der Waals surface area contributed by atoms with Gasteiger partial charge in [0.05, 0.1) is 13.2 Å². The van der Waals surface area contributed by atoms with Crippen molar-refractivity contribution in [2.75, 3.05) is 25.5 Å². The molecule has 5 nitrogen and oxygen atoms in total. The molecule has 0 saturated heterocycles. The molecule has 2 rings (SSSR count). The molecular weight excluding hydrogens is 286 g/mol. The summed E-state index contributed by atoms with van der Waals surface area (Å²) in [6, 6.07) is 7.92. The summed E-state index contributed by atoms with van der Waals surface area (Å²) in [4.78, 5) is 17.8. The number of hydrogen-bond donors (Lipinski definition) is 1. The van der Waals surface area contributed by atoms with Crippen LogP contribution in [0.15, 0.2) is 35.8 Å². The average Bonchev–Trinajstić information content (AvgIpc) is 2.93. The van der Waals surface area contributed by atoms with Crippen molar-refractivity contribution in [1.82, 2.24) is 9.88 Å². The Morgan fingerprint density at radius 2 is 2.14 bits per heavy atom. The molecule has 112 valence electrons. The smallest absolute Gasteiger partial charge is 0.240 e. The summed E-state index contributed by atoms with van der Waals surface area (Å²) in [5, 5.41) is 5.24. The molecule has 21 heavy (non-hydrogen) atoms. The van der Waals surface area contributed by atoms with E-state index in [2.05, 4.69) is 10.3 Å². The largest absolute Gasteiger partial charge is 0.494 e. The standard InChI is InChI=1S/C15H19N3O2S/c1-3-20-13-6-4-12(5-7-13)10-18(2)11-14(19)17-15-16-8-9-21-15/h4-9H,3,10-11H2,1-2H3,(H,16,17,19). The van der Waals surface area contributed by atoms with Gasteiger partial charge in [-0.15, -0.1) is 11.3 Å². The van der Waals surface area contributed by atoms with Crippen LogP contribution < -0.4 is 10.1 Å². The number of ether oxygens (including phenoxy) is 1. The quantitative estimate of drug-likeness (QED) is 0.854. The number of thiazole rings is 1. The minimum Gasteiger partial charge on any atom is -0.494 e. The van der Waals surface area contributed by atoms with E-state index in [1.807, 2.05) is 48.5 Å². The first kappa shape index (κ1) is 15.5. The number of nitrogens with one attached hydrogen (secondary N) is 1. The van der Waals surface area contributed by atoms with E-state index in [-0.39, 0.29) is 5.91 Å². The predicted octanol–water partition coefficient (Wildman–Crippen LogP) is 2.61. The molecule has 0 spiro atoms. The van der Waals surface area contributed by atoms with Crippen molar-refractivity contribution in [3.05, 3.63) is 41.4 Å². The summed E-state index contributed by atoms with van der Waals surface area (Å²) in [6.07, 6.45) is 1.67. The zero-order chi connectivity index (χ0) is 15.1. The van der Waals surface area contributed by atoms with Crippen LogP contribution >= 0.6 is 11.3 Å². The van der Waals surface area contributed by atoms with E-state index >= 15 is 0 Å². The fourth-order valence-electron chi connectivity index (χ4n) is 1.91. The Kier molecular flexibility index (Phi) is 5.71. The van der Waals surface area contributed by atoms with Gasteiger partial charge in [-0.25, -0.2) is 4.98 Å². The minimum atomic E-state index is -0.0570. The highest BCUT2D eigenvalue weighted by molar-refractivity contribution is 7.13. The Hall–Kier alpha value is -1.92. The maximum Gasteiger partial charge on any atom is 0.240 e. The molecule has 0 fully saturated rings. The monoisotopic (exact) mass is 305 g/mol. The van der Waals surface area contributed by atoms with Gasteiger partial charge in [-0.1, -0.05) is 12.1 Å². The SMILES string of the molecule is CCOc1ccc(CN(C)CC(=O)Nc2nccs2)cc1. The molecule has 0 unspecified atom stereocenters. The van der Waals surface area contributed by atoms with Gasteiger partial charge in [0, 0.05) is 18.1 Å². The van der Waals surface area contributed by atoms with Crippen LogP contribution in [0, 0.1) is 0 Å². The van der Waals surface area contributed by atoms with Crippen molar-refractivity contribution < 1.29 is 9.53 Å². The second-order valence-electron chi connectivity index (χ2n) is 4.63. The molecule has 1 aromatic heterocycles. The summed E-state index contributed by atoms with van der Waals surface area (Å²) in [6.45, 7) is 3.66. The van der Waals surface area contributed by atoms with Crippen LogP contribution in [-0.2, 0) is 11.3 Å². The normalized spacial score (nSPS) is 10.6. The Labute approximate surface area is 128 Å². The molecular formula is C15H19N3O2S. The number of rotatable bonds is 7. The van der Waals surface area contributed by atoms with Crippen LogP contribution in [0.1, 0.15) is 12.5 Å². The summed E-state index contributed by atoms with van der Waals surface area (Å²) >= 11 is 1.41. The number of amides is 1. The van der Waals surface area contributed by atoms with Gasteiger partial charge in [0.1, 0.15) is 5.75 Å². The van der Waals surface area contributed by atoms with Crippen molar-refractivity contribution in [2.24, 2.45) is 0 Å². The molecule has 1 N–H and O–H groups in total. The number of aromatic nitrogens is 1. The first-order chi connectivity index (χ1) is 10.2. The highest BCUT2D eigenvalue weighted by atomic mass is 32.1. The van der Waals surface area contributed by atoms with Crippen LogP contribution in [0.5, 0.6) is 5.75 Å². The zero-order valence-electron chi connectivity index (χ0n) is 12.2. The number of carbonyl (C=O) groups is 1. The van der Waals surface area contributed by atoms with Crippen LogP contribution in [0.3, 0.4) is 0 Å². The topological polar surface area (TPSA) is 54.5 Å².